The molecule has 2 N–H and O–H groups in total. The van der Waals surface area contributed by atoms with Crippen LogP contribution in [0.5, 0.6) is 5.75 Å². The molecule has 0 bridgehead atoms. The van der Waals surface area contributed by atoms with E-state index in [4.69, 9.17) is 10.00 Å². The van der Waals surface area contributed by atoms with Gasteiger partial charge in [0.1, 0.15) is 11.5 Å². The van der Waals surface area contributed by atoms with Crippen LogP contribution < -0.4 is 14.8 Å². The number of carbonyl (C=O) groups excluding carboxylic acids is 1. The van der Waals surface area contributed by atoms with Gasteiger partial charge in [-0.25, -0.2) is 13.1 Å². The van der Waals surface area contributed by atoms with Gasteiger partial charge in [-0.2, -0.15) is 5.26 Å². The summed E-state index contributed by atoms with van der Waals surface area (Å²) in [6.07, 6.45) is 2.76. The van der Waals surface area contributed by atoms with Crippen molar-refractivity contribution in [2.75, 3.05) is 11.9 Å². The van der Waals surface area contributed by atoms with E-state index >= 15 is 0 Å². The number of anilines is 1. The van der Waals surface area contributed by atoms with Crippen LogP contribution in [0.15, 0.2) is 41.9 Å². The number of carbonyl (C=O) groups is 1. The van der Waals surface area contributed by atoms with Crippen LogP contribution in [0.2, 0.25) is 0 Å². The summed E-state index contributed by atoms with van der Waals surface area (Å²) in [5.74, 6) is -0.557. The predicted octanol–water partition coefficient (Wildman–Crippen LogP) is 1.68. The van der Waals surface area contributed by atoms with Gasteiger partial charge in [-0.15, -0.1) is 6.58 Å². The summed E-state index contributed by atoms with van der Waals surface area (Å²) in [6.45, 7) is 5.39. The largest absolute Gasteiger partial charge is 0.488 e. The monoisotopic (exact) mass is 386 g/mol. The van der Waals surface area contributed by atoms with Crippen LogP contribution in [0.3, 0.4) is 0 Å². The molecule has 1 amide bonds. The molecule has 8 nitrogen and oxygen atoms in total. The smallest absolute Gasteiger partial charge is 0.276 e. The number of nitrogens with zero attached hydrogens (tertiary/aromatic N) is 2. The first-order valence-electron chi connectivity index (χ1n) is 8.06. The number of ether oxygens (including phenoxy) is 1. The normalized spacial score (nSPS) is 17.7. The van der Waals surface area contributed by atoms with Crippen molar-refractivity contribution in [1.82, 2.24) is 9.29 Å². The van der Waals surface area contributed by atoms with Gasteiger partial charge < -0.3 is 14.6 Å². The van der Waals surface area contributed by atoms with Gasteiger partial charge in [-0.3, -0.25) is 4.79 Å². The third-order valence-corrected chi connectivity index (χ3v) is 5.70. The highest BCUT2D eigenvalue weighted by Gasteiger charge is 2.33. The zero-order valence-electron chi connectivity index (χ0n) is 14.8. The summed E-state index contributed by atoms with van der Waals surface area (Å²) >= 11 is 0. The molecule has 27 heavy (non-hydrogen) atoms. The predicted molar refractivity (Wildman–Crippen MR) is 99.1 cm³/mol. The number of amides is 1. The SMILES string of the molecule is C=C[C@@H]1COc2c(cn(C)c2C(=O)Nc2ccc(C)c(C#N)c2)S(=O)(=O)N1. The average Bonchev–Trinajstić information content (AvgIpc) is 2.91. The van der Waals surface area contributed by atoms with E-state index in [1.165, 1.54) is 16.8 Å². The lowest BCUT2D eigenvalue weighted by atomic mass is 10.1. The molecule has 3 rings (SSSR count). The Morgan fingerprint density at radius 2 is 2.26 bits per heavy atom. The fourth-order valence-electron chi connectivity index (χ4n) is 2.77. The molecule has 1 aliphatic heterocycles. The van der Waals surface area contributed by atoms with Gasteiger partial charge in [0.25, 0.3) is 5.91 Å². The lowest BCUT2D eigenvalue weighted by Gasteiger charge is -2.12. The van der Waals surface area contributed by atoms with Crippen molar-refractivity contribution in [3.05, 3.63) is 53.9 Å². The quantitative estimate of drug-likeness (QED) is 0.779. The topological polar surface area (TPSA) is 113 Å². The first-order chi connectivity index (χ1) is 12.8. The Balaban J connectivity index is 1.99. The minimum atomic E-state index is -3.85. The highest BCUT2D eigenvalue weighted by molar-refractivity contribution is 7.89. The second kappa shape index (κ2) is 6.90. The molecule has 9 heteroatoms. The number of fused-ring (bicyclic) bond motifs is 1. The summed E-state index contributed by atoms with van der Waals surface area (Å²) in [4.78, 5) is 12.7. The Labute approximate surface area is 157 Å². The van der Waals surface area contributed by atoms with Crippen molar-refractivity contribution in [2.45, 2.75) is 17.9 Å². The molecule has 2 aromatic rings. The molecule has 1 atom stereocenters. The van der Waals surface area contributed by atoms with E-state index in [-0.39, 0.29) is 22.9 Å². The molecule has 2 heterocycles. The number of nitrogens with one attached hydrogen (secondary N) is 2. The lowest BCUT2D eigenvalue weighted by molar-refractivity contribution is 0.101. The van der Waals surface area contributed by atoms with Crippen LogP contribution in [-0.2, 0) is 17.1 Å². The van der Waals surface area contributed by atoms with Crippen molar-refractivity contribution in [1.29, 1.82) is 5.26 Å². The van der Waals surface area contributed by atoms with Gasteiger partial charge in [-0.1, -0.05) is 12.1 Å². The summed E-state index contributed by atoms with van der Waals surface area (Å²) in [6, 6.07) is 6.41. The van der Waals surface area contributed by atoms with Crippen molar-refractivity contribution in [2.24, 2.45) is 7.05 Å². The van der Waals surface area contributed by atoms with E-state index in [1.807, 2.05) is 0 Å². The molecule has 1 aromatic heterocycles. The molecule has 0 radical (unpaired) electrons. The number of aryl methyl sites for hydroxylation is 2. The van der Waals surface area contributed by atoms with Crippen molar-refractivity contribution >= 4 is 21.6 Å². The first kappa shape index (κ1) is 18.7. The summed E-state index contributed by atoms with van der Waals surface area (Å²) in [7, 11) is -2.30. The minimum Gasteiger partial charge on any atom is -0.488 e. The Morgan fingerprint density at radius 3 is 2.93 bits per heavy atom. The maximum absolute atomic E-state index is 12.8. The average molecular weight is 386 g/mol. The molecule has 0 saturated carbocycles. The Kier molecular flexibility index (Phi) is 4.78. The van der Waals surface area contributed by atoms with Crippen LogP contribution >= 0.6 is 0 Å². The highest BCUT2D eigenvalue weighted by Crippen LogP contribution is 2.33. The van der Waals surface area contributed by atoms with Crippen molar-refractivity contribution in [3.63, 3.8) is 0 Å². The second-order valence-corrected chi connectivity index (χ2v) is 7.83. The minimum absolute atomic E-state index is 0.0144. The van der Waals surface area contributed by atoms with E-state index in [9.17, 15) is 13.2 Å². The Hall–Kier alpha value is -3.09. The maximum Gasteiger partial charge on any atom is 0.276 e. The molecular formula is C18H18N4O4S. The molecule has 0 unspecified atom stereocenters. The first-order valence-corrected chi connectivity index (χ1v) is 9.54. The molecule has 1 aliphatic rings. The molecule has 0 fully saturated rings. The van der Waals surface area contributed by atoms with Crippen LogP contribution in [-0.4, -0.2) is 31.5 Å². The van der Waals surface area contributed by atoms with Crippen LogP contribution in [0.4, 0.5) is 5.69 Å². The summed E-state index contributed by atoms with van der Waals surface area (Å²) in [5.41, 5.74) is 1.73. The lowest BCUT2D eigenvalue weighted by Crippen LogP contribution is -2.35. The number of benzene rings is 1. The molecule has 0 spiro atoms. The highest BCUT2D eigenvalue weighted by atomic mass is 32.2. The van der Waals surface area contributed by atoms with Crippen LogP contribution in [0, 0.1) is 18.3 Å². The van der Waals surface area contributed by atoms with E-state index in [1.54, 1.807) is 32.2 Å². The van der Waals surface area contributed by atoms with Gasteiger partial charge >= 0.3 is 0 Å². The van der Waals surface area contributed by atoms with Gasteiger partial charge in [0.05, 0.1) is 17.7 Å². The Bertz CT molecular complexity index is 1080. The maximum atomic E-state index is 12.8. The Morgan fingerprint density at radius 1 is 1.52 bits per heavy atom. The fourth-order valence-corrected chi connectivity index (χ4v) is 4.15. The number of nitriles is 1. The number of hydrogen-bond acceptors (Lipinski definition) is 5. The third-order valence-electron chi connectivity index (χ3n) is 4.22. The molecular weight excluding hydrogens is 368 g/mol. The van der Waals surface area contributed by atoms with Crippen LogP contribution in [0.1, 0.15) is 21.6 Å². The standard InChI is InChI=1S/C18H18N4O4S/c1-4-13-10-26-17-15(27(24,25)21-13)9-22(3)16(17)18(23)20-14-6-5-11(2)12(7-14)8-19/h4-7,9,13,21H,1,10H2,2-3H3,(H,20,23)/t13-/m1/s1. The van der Waals surface area contributed by atoms with Crippen molar-refractivity contribution < 1.29 is 17.9 Å². The summed E-state index contributed by atoms with van der Waals surface area (Å²) < 4.78 is 34.5. The van der Waals surface area contributed by atoms with Gasteiger partial charge in [-0.05, 0) is 24.6 Å². The fraction of sp³-hybridized carbons (Fsp3) is 0.222. The van der Waals surface area contributed by atoms with Crippen molar-refractivity contribution in [3.8, 4) is 11.8 Å². The second-order valence-electron chi connectivity index (χ2n) is 6.15. The third kappa shape index (κ3) is 3.45. The molecule has 0 aliphatic carbocycles. The van der Waals surface area contributed by atoms with E-state index in [2.05, 4.69) is 22.7 Å². The number of hydrogen-bond donors (Lipinski definition) is 2. The van der Waals surface area contributed by atoms with E-state index < -0.39 is 22.0 Å². The van der Waals surface area contributed by atoms with Gasteiger partial charge in [0.2, 0.25) is 10.0 Å². The molecule has 1 aromatic carbocycles. The zero-order valence-corrected chi connectivity index (χ0v) is 15.6. The summed E-state index contributed by atoms with van der Waals surface area (Å²) in [5, 5.41) is 11.8. The molecule has 0 saturated heterocycles. The van der Waals surface area contributed by atoms with E-state index in [0.29, 0.717) is 11.3 Å². The van der Waals surface area contributed by atoms with Gasteiger partial charge in [0.15, 0.2) is 11.4 Å². The van der Waals surface area contributed by atoms with Gasteiger partial charge in [0, 0.05) is 18.9 Å². The molecule has 140 valence electrons. The van der Waals surface area contributed by atoms with E-state index in [0.717, 1.165) is 5.56 Å². The zero-order chi connectivity index (χ0) is 19.8. The number of aromatic nitrogens is 1. The number of rotatable bonds is 3. The van der Waals surface area contributed by atoms with Crippen LogP contribution in [0.25, 0.3) is 0 Å². The number of sulfonamides is 1.